The summed E-state index contributed by atoms with van der Waals surface area (Å²) in [7, 11) is 0. The van der Waals surface area contributed by atoms with Gasteiger partial charge in [-0.05, 0) is 32.9 Å². The van der Waals surface area contributed by atoms with Crippen molar-refractivity contribution < 1.29 is 18.0 Å². The normalized spacial score (nSPS) is 18.8. The summed E-state index contributed by atoms with van der Waals surface area (Å²) >= 11 is 4.76. The number of thiophene rings is 1. The Morgan fingerprint density at radius 2 is 2.03 bits per heavy atom. The summed E-state index contributed by atoms with van der Waals surface area (Å²) in [6, 6.07) is 10.3. The summed E-state index contributed by atoms with van der Waals surface area (Å²) in [6.45, 7) is 0.286. The van der Waals surface area contributed by atoms with Crippen LogP contribution in [0.15, 0.2) is 52.3 Å². The highest BCUT2D eigenvalue weighted by Gasteiger charge is 2.47. The Morgan fingerprint density at radius 3 is 2.69 bits per heavy atom. The average molecular weight is 485 g/mol. The van der Waals surface area contributed by atoms with E-state index >= 15 is 0 Å². The topological polar surface area (TPSA) is 59.0 Å². The molecule has 10 heteroatoms. The van der Waals surface area contributed by atoms with Gasteiger partial charge in [-0.15, -0.1) is 11.3 Å². The molecule has 0 aliphatic carbocycles. The van der Waals surface area contributed by atoms with Crippen LogP contribution in [0, 0.1) is 0 Å². The van der Waals surface area contributed by atoms with Gasteiger partial charge in [0.05, 0.1) is 17.1 Å². The number of halogens is 4. The molecule has 0 bridgehead atoms. The van der Waals surface area contributed by atoms with Crippen molar-refractivity contribution >= 4 is 39.0 Å². The van der Waals surface area contributed by atoms with Gasteiger partial charge < -0.3 is 10.6 Å². The second-order valence-corrected chi connectivity index (χ2v) is 8.44. The molecule has 5 nitrogen and oxygen atoms in total. The number of rotatable bonds is 4. The number of amides is 1. The fraction of sp³-hybridized carbons (Fsp3) is 0.263. The summed E-state index contributed by atoms with van der Waals surface area (Å²) < 4.78 is 42.4. The van der Waals surface area contributed by atoms with Gasteiger partial charge in [0.1, 0.15) is 5.82 Å². The van der Waals surface area contributed by atoms with Gasteiger partial charge in [0.25, 0.3) is 5.91 Å². The quantitative estimate of drug-likeness (QED) is 0.528. The van der Waals surface area contributed by atoms with Crippen molar-refractivity contribution in [3.05, 3.63) is 68.5 Å². The van der Waals surface area contributed by atoms with Gasteiger partial charge in [-0.25, -0.2) is 4.68 Å². The second kappa shape index (κ2) is 7.83. The first-order valence-corrected chi connectivity index (χ1v) is 10.5. The summed E-state index contributed by atoms with van der Waals surface area (Å²) in [6.07, 6.45) is -4.72. The minimum atomic E-state index is -4.50. The van der Waals surface area contributed by atoms with Crippen molar-refractivity contribution in [2.24, 2.45) is 0 Å². The lowest BCUT2D eigenvalue weighted by Crippen LogP contribution is -2.35. The van der Waals surface area contributed by atoms with Crippen LogP contribution in [-0.4, -0.2) is 21.9 Å². The number of nitrogens with zero attached hydrogens (tertiary/aromatic N) is 2. The molecule has 29 heavy (non-hydrogen) atoms. The van der Waals surface area contributed by atoms with E-state index in [0.717, 1.165) is 15.1 Å². The largest absolute Gasteiger partial charge is 0.410 e. The van der Waals surface area contributed by atoms with Gasteiger partial charge in [0, 0.05) is 11.3 Å². The molecule has 1 aromatic carbocycles. The van der Waals surface area contributed by atoms with E-state index in [1.165, 1.54) is 11.3 Å². The molecule has 0 radical (unpaired) electrons. The van der Waals surface area contributed by atoms with Crippen LogP contribution in [0.1, 0.15) is 39.4 Å². The second-order valence-electron chi connectivity index (χ2n) is 6.62. The number of hydrogen-bond donors (Lipinski definition) is 2. The molecule has 2 atom stereocenters. The van der Waals surface area contributed by atoms with Crippen molar-refractivity contribution in [1.29, 1.82) is 0 Å². The van der Waals surface area contributed by atoms with Gasteiger partial charge in [0.15, 0.2) is 11.7 Å². The molecule has 1 amide bonds. The highest BCUT2D eigenvalue weighted by molar-refractivity contribution is 9.10. The van der Waals surface area contributed by atoms with Crippen LogP contribution < -0.4 is 10.6 Å². The standard InChI is InChI=1S/C19H16BrF3N4OS/c20-15-16(18(28)24-10-12-7-4-8-29-12)26-27-14(19(21,22)23)9-13(25-17(15)27)11-5-2-1-3-6-11/h1-8,13-14,25H,9-10H2,(H,24,28)/t13-,14-/m1/s1. The zero-order valence-electron chi connectivity index (χ0n) is 14.9. The monoisotopic (exact) mass is 484 g/mol. The van der Waals surface area contributed by atoms with E-state index in [1.807, 2.05) is 23.6 Å². The third kappa shape index (κ3) is 4.04. The fourth-order valence-electron chi connectivity index (χ4n) is 3.30. The van der Waals surface area contributed by atoms with Crippen LogP contribution in [0.2, 0.25) is 0 Å². The Balaban J connectivity index is 1.65. The average Bonchev–Trinajstić information content (AvgIpc) is 3.33. The Bertz CT molecular complexity index is 1000. The molecule has 2 N–H and O–H groups in total. The van der Waals surface area contributed by atoms with Crippen LogP contribution in [0.25, 0.3) is 0 Å². The predicted molar refractivity (Wildman–Crippen MR) is 108 cm³/mol. The van der Waals surface area contributed by atoms with Crippen molar-refractivity contribution in [3.8, 4) is 0 Å². The van der Waals surface area contributed by atoms with Crippen LogP contribution >= 0.6 is 27.3 Å². The van der Waals surface area contributed by atoms with E-state index in [0.29, 0.717) is 0 Å². The Kier molecular flexibility index (Phi) is 5.39. The van der Waals surface area contributed by atoms with Crippen molar-refractivity contribution in [2.45, 2.75) is 31.2 Å². The van der Waals surface area contributed by atoms with Gasteiger partial charge in [-0.2, -0.15) is 18.3 Å². The molecular weight excluding hydrogens is 469 g/mol. The molecule has 0 fully saturated rings. The number of alkyl halides is 3. The Morgan fingerprint density at radius 1 is 1.28 bits per heavy atom. The van der Waals surface area contributed by atoms with E-state index in [-0.39, 0.29) is 29.0 Å². The first-order valence-electron chi connectivity index (χ1n) is 8.81. The minimum Gasteiger partial charge on any atom is -0.362 e. The SMILES string of the molecule is O=C(NCc1cccs1)c1nn2c(c1Br)N[C@@H](c1ccccc1)C[C@@H]2C(F)(F)F. The molecule has 4 rings (SSSR count). The maximum Gasteiger partial charge on any atom is 0.410 e. The van der Waals surface area contributed by atoms with E-state index in [9.17, 15) is 18.0 Å². The first kappa shape index (κ1) is 20.0. The van der Waals surface area contributed by atoms with Gasteiger partial charge in [0.2, 0.25) is 0 Å². The van der Waals surface area contributed by atoms with Crippen molar-refractivity contribution in [3.63, 3.8) is 0 Å². The molecule has 0 saturated carbocycles. The zero-order valence-corrected chi connectivity index (χ0v) is 17.3. The van der Waals surface area contributed by atoms with E-state index < -0.39 is 24.2 Å². The molecule has 0 unspecified atom stereocenters. The predicted octanol–water partition coefficient (Wildman–Crippen LogP) is 5.30. The number of hydrogen-bond acceptors (Lipinski definition) is 4. The molecule has 2 aromatic heterocycles. The maximum atomic E-state index is 13.8. The molecule has 0 spiro atoms. The summed E-state index contributed by atoms with van der Waals surface area (Å²) in [4.78, 5) is 13.5. The number of carbonyl (C=O) groups is 1. The lowest BCUT2D eigenvalue weighted by atomic mass is 9.97. The number of carbonyl (C=O) groups excluding carboxylic acids is 1. The molecule has 1 aliphatic rings. The minimum absolute atomic E-state index is 0.0768. The summed E-state index contributed by atoms with van der Waals surface area (Å²) in [5.74, 6) is -0.389. The summed E-state index contributed by atoms with van der Waals surface area (Å²) in [5, 5.41) is 11.7. The van der Waals surface area contributed by atoms with Crippen LogP contribution in [0.4, 0.5) is 19.0 Å². The van der Waals surface area contributed by atoms with Gasteiger partial charge >= 0.3 is 6.18 Å². The number of aromatic nitrogens is 2. The van der Waals surface area contributed by atoms with E-state index in [2.05, 4.69) is 31.7 Å². The Labute approximate surface area is 177 Å². The molecule has 3 heterocycles. The highest BCUT2D eigenvalue weighted by atomic mass is 79.9. The molecular formula is C19H16BrF3N4OS. The lowest BCUT2D eigenvalue weighted by Gasteiger charge is -2.33. The van der Waals surface area contributed by atoms with E-state index in [1.54, 1.807) is 24.3 Å². The van der Waals surface area contributed by atoms with Crippen LogP contribution in [-0.2, 0) is 6.54 Å². The van der Waals surface area contributed by atoms with Crippen LogP contribution in [0.3, 0.4) is 0 Å². The molecule has 1 aliphatic heterocycles. The van der Waals surface area contributed by atoms with Crippen molar-refractivity contribution in [2.75, 3.05) is 5.32 Å². The molecule has 0 saturated heterocycles. The number of benzene rings is 1. The highest BCUT2D eigenvalue weighted by Crippen LogP contribution is 2.46. The number of fused-ring (bicyclic) bond motifs is 1. The summed E-state index contributed by atoms with van der Waals surface area (Å²) in [5.41, 5.74) is 0.664. The fourth-order valence-corrected chi connectivity index (χ4v) is 4.50. The van der Waals surface area contributed by atoms with Gasteiger partial charge in [-0.1, -0.05) is 36.4 Å². The zero-order chi connectivity index (χ0) is 20.6. The first-order chi connectivity index (χ1) is 13.8. The smallest absolute Gasteiger partial charge is 0.362 e. The van der Waals surface area contributed by atoms with Crippen molar-refractivity contribution in [1.82, 2.24) is 15.1 Å². The lowest BCUT2D eigenvalue weighted by molar-refractivity contribution is -0.173. The maximum absolute atomic E-state index is 13.8. The number of nitrogens with one attached hydrogen (secondary N) is 2. The number of anilines is 1. The third-order valence-electron chi connectivity index (χ3n) is 4.72. The third-order valence-corrected chi connectivity index (χ3v) is 6.34. The van der Waals surface area contributed by atoms with E-state index in [4.69, 9.17) is 0 Å². The molecule has 152 valence electrons. The van der Waals surface area contributed by atoms with Gasteiger partial charge in [-0.3, -0.25) is 4.79 Å². The Hall–Kier alpha value is -2.33. The molecule has 3 aromatic rings. The van der Waals surface area contributed by atoms with Crippen LogP contribution in [0.5, 0.6) is 0 Å².